The number of nitrogens with two attached hydrogens (primary N) is 1. The van der Waals surface area contributed by atoms with E-state index in [0.29, 0.717) is 0 Å². The van der Waals surface area contributed by atoms with E-state index in [1.807, 2.05) is 42.5 Å². The van der Waals surface area contributed by atoms with E-state index in [0.717, 1.165) is 27.1 Å². The molecule has 0 spiro atoms. The summed E-state index contributed by atoms with van der Waals surface area (Å²) in [6.07, 6.45) is 0. The zero-order valence-electron chi connectivity index (χ0n) is 10.9. The predicted octanol–water partition coefficient (Wildman–Crippen LogP) is 3.51. The zero-order chi connectivity index (χ0) is 13.8. The lowest BCUT2D eigenvalue weighted by molar-refractivity contribution is 0.413. The molecule has 100 valence electrons. The number of rotatable bonds is 4. The topological polar surface area (TPSA) is 44.5 Å². The highest BCUT2D eigenvalue weighted by atomic mass is 79.9. The molecular formula is C15H16BrNO2. The summed E-state index contributed by atoms with van der Waals surface area (Å²) >= 11 is 3.53. The third kappa shape index (κ3) is 3.08. The summed E-state index contributed by atoms with van der Waals surface area (Å²) in [5.41, 5.74) is 8.30. The van der Waals surface area contributed by atoms with Crippen molar-refractivity contribution in [2.24, 2.45) is 5.73 Å². The van der Waals surface area contributed by atoms with Crippen LogP contribution in [-0.2, 0) is 0 Å². The number of hydrogen-bond donors (Lipinski definition) is 1. The molecule has 0 aromatic heterocycles. The van der Waals surface area contributed by atoms with Crippen LogP contribution in [0.1, 0.15) is 17.2 Å². The van der Waals surface area contributed by atoms with Crippen LogP contribution >= 0.6 is 15.9 Å². The first-order valence-corrected chi connectivity index (χ1v) is 6.68. The van der Waals surface area contributed by atoms with Crippen LogP contribution in [-0.4, -0.2) is 14.2 Å². The average molecular weight is 322 g/mol. The summed E-state index contributed by atoms with van der Waals surface area (Å²) in [4.78, 5) is 0. The first kappa shape index (κ1) is 13.9. The molecule has 0 radical (unpaired) electrons. The van der Waals surface area contributed by atoms with Gasteiger partial charge in [-0.3, -0.25) is 0 Å². The Kier molecular flexibility index (Phi) is 4.45. The van der Waals surface area contributed by atoms with Gasteiger partial charge in [0.2, 0.25) is 0 Å². The maximum Gasteiger partial charge on any atom is 0.119 e. The van der Waals surface area contributed by atoms with Gasteiger partial charge < -0.3 is 15.2 Å². The molecule has 2 aromatic rings. The number of benzene rings is 2. The molecule has 2 rings (SSSR count). The first-order valence-electron chi connectivity index (χ1n) is 5.88. The van der Waals surface area contributed by atoms with Crippen molar-refractivity contribution in [3.63, 3.8) is 0 Å². The average Bonchev–Trinajstić information content (AvgIpc) is 2.47. The smallest absolute Gasteiger partial charge is 0.119 e. The second-order valence-corrected chi connectivity index (χ2v) is 5.00. The van der Waals surface area contributed by atoms with Crippen molar-refractivity contribution in [1.82, 2.24) is 0 Å². The summed E-state index contributed by atoms with van der Waals surface area (Å²) in [6.45, 7) is 0. The molecule has 1 atom stereocenters. The molecule has 0 saturated carbocycles. The molecule has 4 heteroatoms. The number of methoxy groups -OCH3 is 2. The van der Waals surface area contributed by atoms with Crippen LogP contribution in [0.2, 0.25) is 0 Å². The normalized spacial score (nSPS) is 12.0. The van der Waals surface area contributed by atoms with Gasteiger partial charge in [-0.1, -0.05) is 28.1 Å². The quantitative estimate of drug-likeness (QED) is 0.937. The molecular weight excluding hydrogens is 306 g/mol. The first-order chi connectivity index (χ1) is 9.15. The van der Waals surface area contributed by atoms with E-state index < -0.39 is 0 Å². The molecule has 0 aliphatic rings. The Balaban J connectivity index is 2.39. The third-order valence-electron chi connectivity index (χ3n) is 2.99. The lowest BCUT2D eigenvalue weighted by Crippen LogP contribution is -2.12. The molecule has 1 unspecified atom stereocenters. The minimum atomic E-state index is -0.237. The second-order valence-electron chi connectivity index (χ2n) is 4.14. The molecule has 0 aliphatic carbocycles. The molecule has 0 amide bonds. The maximum absolute atomic E-state index is 6.32. The van der Waals surface area contributed by atoms with Crippen molar-refractivity contribution >= 4 is 15.9 Å². The summed E-state index contributed by atoms with van der Waals surface area (Å²) in [7, 11) is 3.29. The van der Waals surface area contributed by atoms with Crippen LogP contribution in [0.4, 0.5) is 0 Å². The van der Waals surface area contributed by atoms with Crippen LogP contribution in [0.5, 0.6) is 11.5 Å². The fraction of sp³-hybridized carbons (Fsp3) is 0.200. The number of ether oxygens (including phenoxy) is 2. The van der Waals surface area contributed by atoms with Gasteiger partial charge in [-0.2, -0.15) is 0 Å². The van der Waals surface area contributed by atoms with Gasteiger partial charge in [-0.25, -0.2) is 0 Å². The van der Waals surface area contributed by atoms with E-state index in [2.05, 4.69) is 15.9 Å². The van der Waals surface area contributed by atoms with Crippen molar-refractivity contribution in [1.29, 1.82) is 0 Å². The number of hydrogen-bond acceptors (Lipinski definition) is 3. The van der Waals surface area contributed by atoms with Crippen molar-refractivity contribution < 1.29 is 9.47 Å². The Morgan fingerprint density at radius 3 is 2.37 bits per heavy atom. The molecule has 3 nitrogen and oxygen atoms in total. The van der Waals surface area contributed by atoms with Crippen LogP contribution in [0.15, 0.2) is 46.9 Å². The van der Waals surface area contributed by atoms with Crippen LogP contribution in [0, 0.1) is 0 Å². The van der Waals surface area contributed by atoms with E-state index in [9.17, 15) is 0 Å². The minimum Gasteiger partial charge on any atom is -0.497 e. The van der Waals surface area contributed by atoms with Gasteiger partial charge in [-0.15, -0.1) is 0 Å². The Morgan fingerprint density at radius 1 is 1.00 bits per heavy atom. The van der Waals surface area contributed by atoms with Crippen molar-refractivity contribution in [2.45, 2.75) is 6.04 Å². The van der Waals surface area contributed by atoms with Gasteiger partial charge in [0.05, 0.1) is 20.3 Å². The predicted molar refractivity (Wildman–Crippen MR) is 79.7 cm³/mol. The summed E-state index contributed by atoms with van der Waals surface area (Å²) < 4.78 is 11.4. The molecule has 0 bridgehead atoms. The van der Waals surface area contributed by atoms with E-state index in [1.54, 1.807) is 14.2 Å². The molecule has 2 N–H and O–H groups in total. The lowest BCUT2D eigenvalue weighted by atomic mass is 9.99. The zero-order valence-corrected chi connectivity index (χ0v) is 12.5. The highest BCUT2D eigenvalue weighted by Gasteiger charge is 2.14. The minimum absolute atomic E-state index is 0.237. The third-order valence-corrected chi connectivity index (χ3v) is 3.71. The molecule has 0 aliphatic heterocycles. The van der Waals surface area contributed by atoms with Gasteiger partial charge >= 0.3 is 0 Å². The monoisotopic (exact) mass is 321 g/mol. The Labute approximate surface area is 121 Å². The van der Waals surface area contributed by atoms with Gasteiger partial charge in [0.1, 0.15) is 11.5 Å². The molecule has 2 aromatic carbocycles. The fourth-order valence-corrected chi connectivity index (χ4v) is 2.39. The standard InChI is InChI=1S/C15H16BrNO2/c1-18-11-5-3-4-10(8-11)15(17)13-9-12(19-2)6-7-14(13)16/h3-9,15H,17H2,1-2H3. The molecule has 0 saturated heterocycles. The highest BCUT2D eigenvalue weighted by molar-refractivity contribution is 9.10. The van der Waals surface area contributed by atoms with E-state index in [4.69, 9.17) is 15.2 Å². The molecule has 19 heavy (non-hydrogen) atoms. The fourth-order valence-electron chi connectivity index (χ4n) is 1.90. The van der Waals surface area contributed by atoms with Crippen LogP contribution < -0.4 is 15.2 Å². The largest absolute Gasteiger partial charge is 0.497 e. The van der Waals surface area contributed by atoms with Crippen molar-refractivity contribution in [3.8, 4) is 11.5 Å². The Bertz CT molecular complexity index is 572. The van der Waals surface area contributed by atoms with Crippen molar-refractivity contribution in [3.05, 3.63) is 58.1 Å². The van der Waals surface area contributed by atoms with Crippen LogP contribution in [0.25, 0.3) is 0 Å². The number of halogens is 1. The van der Waals surface area contributed by atoms with E-state index in [1.165, 1.54) is 0 Å². The Morgan fingerprint density at radius 2 is 1.68 bits per heavy atom. The van der Waals surface area contributed by atoms with Crippen LogP contribution in [0.3, 0.4) is 0 Å². The molecule has 0 fully saturated rings. The SMILES string of the molecule is COc1cccc(C(N)c2cc(OC)ccc2Br)c1. The van der Waals surface area contributed by atoms with Crippen molar-refractivity contribution in [2.75, 3.05) is 14.2 Å². The Hall–Kier alpha value is -1.52. The lowest BCUT2D eigenvalue weighted by Gasteiger charge is -2.16. The summed E-state index contributed by atoms with van der Waals surface area (Å²) in [5.74, 6) is 1.59. The summed E-state index contributed by atoms with van der Waals surface area (Å²) in [6, 6.07) is 13.3. The van der Waals surface area contributed by atoms with Gasteiger partial charge in [-0.05, 0) is 41.5 Å². The maximum atomic E-state index is 6.32. The highest BCUT2D eigenvalue weighted by Crippen LogP contribution is 2.31. The van der Waals surface area contributed by atoms with Gasteiger partial charge in [0, 0.05) is 4.47 Å². The van der Waals surface area contributed by atoms with Gasteiger partial charge in [0.25, 0.3) is 0 Å². The van der Waals surface area contributed by atoms with E-state index >= 15 is 0 Å². The van der Waals surface area contributed by atoms with E-state index in [-0.39, 0.29) is 6.04 Å². The van der Waals surface area contributed by atoms with Gasteiger partial charge in [0.15, 0.2) is 0 Å². The molecule has 0 heterocycles. The summed E-state index contributed by atoms with van der Waals surface area (Å²) in [5, 5.41) is 0. The second kappa shape index (κ2) is 6.08.